The average molecular weight is 277 g/mol. The summed E-state index contributed by atoms with van der Waals surface area (Å²) in [6, 6.07) is 5.66. The van der Waals surface area contributed by atoms with E-state index in [-0.39, 0.29) is 6.09 Å². The molecule has 4 heteroatoms. The van der Waals surface area contributed by atoms with Crippen molar-refractivity contribution in [3.8, 4) is 5.75 Å². The van der Waals surface area contributed by atoms with Gasteiger partial charge in [-0.05, 0) is 63.1 Å². The van der Waals surface area contributed by atoms with Crippen LogP contribution >= 0.6 is 0 Å². The van der Waals surface area contributed by atoms with E-state index < -0.39 is 5.60 Å². The number of carbonyl (C=O) groups excluding carboxylic acids is 1. The van der Waals surface area contributed by atoms with Crippen LogP contribution in [-0.2, 0) is 17.6 Å². The van der Waals surface area contributed by atoms with E-state index in [1.807, 2.05) is 26.8 Å². The summed E-state index contributed by atoms with van der Waals surface area (Å²) in [6.45, 7) is 6.18. The van der Waals surface area contributed by atoms with Gasteiger partial charge in [-0.25, -0.2) is 4.79 Å². The Morgan fingerprint density at radius 2 is 2.20 bits per heavy atom. The van der Waals surface area contributed by atoms with Crippen LogP contribution in [0.1, 0.15) is 38.3 Å². The zero-order valence-corrected chi connectivity index (χ0v) is 12.4. The third-order valence-electron chi connectivity index (χ3n) is 3.49. The van der Waals surface area contributed by atoms with Gasteiger partial charge in [0.05, 0.1) is 0 Å². The predicted molar refractivity (Wildman–Crippen MR) is 77.9 cm³/mol. The molecule has 0 bridgehead atoms. The first-order chi connectivity index (χ1) is 9.35. The molecular weight excluding hydrogens is 254 g/mol. The molecule has 4 nitrogen and oxygen atoms in total. The molecule has 2 rings (SSSR count). The fourth-order valence-corrected chi connectivity index (χ4v) is 2.58. The Morgan fingerprint density at radius 1 is 1.45 bits per heavy atom. The van der Waals surface area contributed by atoms with Crippen molar-refractivity contribution in [1.82, 2.24) is 5.32 Å². The van der Waals surface area contributed by atoms with Gasteiger partial charge in [-0.2, -0.15) is 0 Å². The van der Waals surface area contributed by atoms with Gasteiger partial charge in [-0.1, -0.05) is 12.1 Å². The third-order valence-corrected chi connectivity index (χ3v) is 3.49. The largest absolute Gasteiger partial charge is 0.508 e. The zero-order chi connectivity index (χ0) is 14.8. The van der Waals surface area contributed by atoms with Crippen molar-refractivity contribution in [2.24, 2.45) is 5.92 Å². The highest BCUT2D eigenvalue weighted by molar-refractivity contribution is 5.67. The lowest BCUT2D eigenvalue weighted by Gasteiger charge is -2.26. The van der Waals surface area contributed by atoms with Crippen LogP contribution in [0.5, 0.6) is 5.75 Å². The first-order valence-electron chi connectivity index (χ1n) is 7.12. The Hall–Kier alpha value is -1.71. The lowest BCUT2D eigenvalue weighted by Crippen LogP contribution is -2.36. The van der Waals surface area contributed by atoms with E-state index in [1.165, 1.54) is 5.56 Å². The summed E-state index contributed by atoms with van der Waals surface area (Å²) >= 11 is 0. The second-order valence-corrected chi connectivity index (χ2v) is 6.41. The van der Waals surface area contributed by atoms with Gasteiger partial charge in [0.15, 0.2) is 0 Å². The molecule has 0 aromatic heterocycles. The van der Waals surface area contributed by atoms with Crippen LogP contribution in [0.3, 0.4) is 0 Å². The van der Waals surface area contributed by atoms with Gasteiger partial charge < -0.3 is 15.2 Å². The van der Waals surface area contributed by atoms with Crippen LogP contribution in [0, 0.1) is 5.92 Å². The van der Waals surface area contributed by atoms with Crippen molar-refractivity contribution in [2.45, 2.75) is 45.6 Å². The van der Waals surface area contributed by atoms with E-state index in [1.54, 1.807) is 6.07 Å². The van der Waals surface area contributed by atoms with Gasteiger partial charge in [0.2, 0.25) is 0 Å². The topological polar surface area (TPSA) is 58.6 Å². The number of phenolic OH excluding ortho intramolecular Hbond substituents is 1. The molecule has 110 valence electrons. The van der Waals surface area contributed by atoms with Crippen molar-refractivity contribution in [2.75, 3.05) is 6.54 Å². The minimum Gasteiger partial charge on any atom is -0.508 e. The Morgan fingerprint density at radius 3 is 2.90 bits per heavy atom. The van der Waals surface area contributed by atoms with Gasteiger partial charge in [0.25, 0.3) is 0 Å². The van der Waals surface area contributed by atoms with E-state index in [9.17, 15) is 9.90 Å². The Bertz CT molecular complexity index is 491. The molecule has 1 aromatic carbocycles. The number of alkyl carbamates (subject to hydrolysis) is 1. The number of ether oxygens (including phenoxy) is 1. The summed E-state index contributed by atoms with van der Waals surface area (Å²) in [5, 5.41) is 12.6. The molecule has 1 atom stereocenters. The number of fused-ring (bicyclic) bond motifs is 1. The fraction of sp³-hybridized carbons (Fsp3) is 0.562. The second kappa shape index (κ2) is 5.73. The average Bonchev–Trinajstić information content (AvgIpc) is 2.34. The van der Waals surface area contributed by atoms with Crippen LogP contribution in [0.15, 0.2) is 18.2 Å². The van der Waals surface area contributed by atoms with E-state index in [4.69, 9.17) is 4.74 Å². The highest BCUT2D eigenvalue weighted by atomic mass is 16.6. The van der Waals surface area contributed by atoms with Gasteiger partial charge >= 0.3 is 6.09 Å². The van der Waals surface area contributed by atoms with Crippen molar-refractivity contribution < 1.29 is 14.6 Å². The van der Waals surface area contributed by atoms with Crippen LogP contribution in [0.2, 0.25) is 0 Å². The number of hydrogen-bond acceptors (Lipinski definition) is 3. The number of hydrogen-bond donors (Lipinski definition) is 2. The number of amides is 1. The first-order valence-corrected chi connectivity index (χ1v) is 7.12. The van der Waals surface area contributed by atoms with E-state index in [2.05, 4.69) is 11.4 Å². The number of phenols is 1. The molecule has 0 radical (unpaired) electrons. The molecule has 1 unspecified atom stereocenters. The van der Waals surface area contributed by atoms with Crippen molar-refractivity contribution in [1.29, 1.82) is 0 Å². The maximum absolute atomic E-state index is 11.6. The molecule has 20 heavy (non-hydrogen) atoms. The van der Waals surface area contributed by atoms with Gasteiger partial charge in [0, 0.05) is 6.54 Å². The second-order valence-electron chi connectivity index (χ2n) is 6.41. The molecule has 0 saturated carbocycles. The number of aromatic hydroxyl groups is 1. The quantitative estimate of drug-likeness (QED) is 0.873. The molecule has 0 fully saturated rings. The Kier molecular flexibility index (Phi) is 4.21. The minimum absolute atomic E-state index is 0.362. The maximum Gasteiger partial charge on any atom is 0.407 e. The molecule has 1 aliphatic carbocycles. The van der Waals surface area contributed by atoms with Crippen LogP contribution in [0.4, 0.5) is 4.79 Å². The normalized spacial score (nSPS) is 18.2. The van der Waals surface area contributed by atoms with Crippen LogP contribution in [0.25, 0.3) is 0 Å². The number of carbonyl (C=O) groups is 1. The van der Waals surface area contributed by atoms with Gasteiger partial charge in [-0.15, -0.1) is 0 Å². The van der Waals surface area contributed by atoms with Crippen LogP contribution in [-0.4, -0.2) is 23.3 Å². The maximum atomic E-state index is 11.6. The molecular formula is C16H23NO3. The summed E-state index contributed by atoms with van der Waals surface area (Å²) < 4.78 is 5.23. The molecule has 1 amide bonds. The lowest BCUT2D eigenvalue weighted by atomic mass is 9.83. The summed E-state index contributed by atoms with van der Waals surface area (Å²) in [5.74, 6) is 0.790. The van der Waals surface area contributed by atoms with Crippen molar-refractivity contribution >= 4 is 6.09 Å². The van der Waals surface area contributed by atoms with E-state index in [0.29, 0.717) is 18.2 Å². The zero-order valence-electron chi connectivity index (χ0n) is 12.4. The Balaban J connectivity index is 1.86. The minimum atomic E-state index is -0.463. The molecule has 1 aromatic rings. The standard InChI is InChI=1S/C16H23NO3/c1-16(2,3)20-15(19)17-10-11-7-8-13-12(9-11)5-4-6-14(13)18/h4-6,11,18H,7-10H2,1-3H3,(H,17,19). The smallest absolute Gasteiger partial charge is 0.407 e. The molecule has 0 aliphatic heterocycles. The predicted octanol–water partition coefficient (Wildman–Crippen LogP) is 3.02. The van der Waals surface area contributed by atoms with Crippen molar-refractivity contribution in [3.63, 3.8) is 0 Å². The van der Waals surface area contributed by atoms with Crippen molar-refractivity contribution in [3.05, 3.63) is 29.3 Å². The summed E-state index contributed by atoms with van der Waals surface area (Å²) in [7, 11) is 0. The third kappa shape index (κ3) is 3.89. The highest BCUT2D eigenvalue weighted by Gasteiger charge is 2.22. The monoisotopic (exact) mass is 277 g/mol. The molecule has 0 saturated heterocycles. The van der Waals surface area contributed by atoms with E-state index in [0.717, 1.165) is 24.8 Å². The summed E-state index contributed by atoms with van der Waals surface area (Å²) in [4.78, 5) is 11.6. The molecule has 2 N–H and O–H groups in total. The SMILES string of the molecule is CC(C)(C)OC(=O)NCC1CCc2c(O)cccc2C1. The first kappa shape index (κ1) is 14.7. The summed E-state index contributed by atoms with van der Waals surface area (Å²) in [6.07, 6.45) is 2.36. The summed E-state index contributed by atoms with van der Waals surface area (Å²) in [5.41, 5.74) is 1.78. The number of benzene rings is 1. The lowest BCUT2D eigenvalue weighted by molar-refractivity contribution is 0.0517. The van der Waals surface area contributed by atoms with Crippen LogP contribution < -0.4 is 5.32 Å². The molecule has 0 spiro atoms. The Labute approximate surface area is 120 Å². The molecule has 0 heterocycles. The van der Waals surface area contributed by atoms with Gasteiger partial charge in [0.1, 0.15) is 11.4 Å². The fourth-order valence-electron chi connectivity index (χ4n) is 2.58. The number of nitrogens with one attached hydrogen (secondary N) is 1. The molecule has 1 aliphatic rings. The van der Waals surface area contributed by atoms with Gasteiger partial charge in [-0.3, -0.25) is 0 Å². The van der Waals surface area contributed by atoms with E-state index >= 15 is 0 Å². The number of rotatable bonds is 2. The highest BCUT2D eigenvalue weighted by Crippen LogP contribution is 2.31.